The Hall–Kier alpha value is -2.56. The Kier molecular flexibility index (Phi) is 4.93. The molecule has 3 rings (SSSR count). The summed E-state index contributed by atoms with van der Waals surface area (Å²) in [5, 5.41) is 6.27. The molecule has 132 valence electrons. The smallest absolute Gasteiger partial charge is 0.270 e. The highest BCUT2D eigenvalue weighted by Gasteiger charge is 2.16. The third-order valence-corrected chi connectivity index (χ3v) is 4.11. The van der Waals surface area contributed by atoms with E-state index in [1.807, 2.05) is 26.8 Å². The number of nitrogens with zero attached hydrogens (tertiary/aromatic N) is 2. The first-order valence-corrected chi connectivity index (χ1v) is 8.81. The lowest BCUT2D eigenvalue weighted by Crippen LogP contribution is -2.40. The molecule has 0 atom stereocenters. The van der Waals surface area contributed by atoms with Gasteiger partial charge in [0.1, 0.15) is 5.69 Å². The minimum atomic E-state index is -0.284. The first-order chi connectivity index (χ1) is 11.9. The zero-order valence-electron chi connectivity index (χ0n) is 15.2. The van der Waals surface area contributed by atoms with Crippen LogP contribution in [0.3, 0.4) is 0 Å². The number of anilines is 3. The summed E-state index contributed by atoms with van der Waals surface area (Å²) in [7, 11) is 0. The number of carbonyl (C=O) groups is 1. The van der Waals surface area contributed by atoms with Gasteiger partial charge in [-0.2, -0.15) is 0 Å². The van der Waals surface area contributed by atoms with Crippen molar-refractivity contribution in [3.05, 3.63) is 48.3 Å². The summed E-state index contributed by atoms with van der Waals surface area (Å²) in [6, 6.07) is 12.1. The van der Waals surface area contributed by atoms with Crippen LogP contribution in [0.1, 0.15) is 44.1 Å². The number of carbonyl (C=O) groups excluding carboxylic acids is 1. The second kappa shape index (κ2) is 7.13. The van der Waals surface area contributed by atoms with Crippen molar-refractivity contribution < 1.29 is 4.79 Å². The first kappa shape index (κ1) is 17.3. The maximum atomic E-state index is 12.2. The molecule has 0 radical (unpaired) electrons. The third kappa shape index (κ3) is 4.72. The van der Waals surface area contributed by atoms with Crippen molar-refractivity contribution in [3.63, 3.8) is 0 Å². The zero-order valence-corrected chi connectivity index (χ0v) is 15.2. The summed E-state index contributed by atoms with van der Waals surface area (Å²) in [5.74, 6) is -0.166. The number of hydrogen-bond acceptors (Lipinski definition) is 4. The molecular formula is C20H26N4O. The minimum Gasteiger partial charge on any atom is -0.372 e. The average Bonchev–Trinajstić information content (AvgIpc) is 3.09. The highest BCUT2D eigenvalue weighted by atomic mass is 16.2. The van der Waals surface area contributed by atoms with E-state index in [1.165, 1.54) is 18.5 Å². The summed E-state index contributed by atoms with van der Waals surface area (Å²) in [5.41, 5.74) is 3.24. The Morgan fingerprint density at radius 3 is 2.36 bits per heavy atom. The molecule has 5 heteroatoms. The molecule has 0 unspecified atom stereocenters. The largest absolute Gasteiger partial charge is 0.372 e. The second-order valence-electron chi connectivity index (χ2n) is 7.50. The van der Waals surface area contributed by atoms with Gasteiger partial charge in [-0.3, -0.25) is 9.78 Å². The zero-order chi connectivity index (χ0) is 17.9. The van der Waals surface area contributed by atoms with Gasteiger partial charge < -0.3 is 15.5 Å². The number of rotatable bonds is 4. The first-order valence-electron chi connectivity index (χ1n) is 8.81. The third-order valence-electron chi connectivity index (χ3n) is 4.11. The summed E-state index contributed by atoms with van der Waals surface area (Å²) in [4.78, 5) is 18.8. The van der Waals surface area contributed by atoms with Crippen LogP contribution >= 0.6 is 0 Å². The Labute approximate surface area is 149 Å². The molecule has 2 aromatic rings. The number of aromatic nitrogens is 1. The van der Waals surface area contributed by atoms with Gasteiger partial charge in [-0.1, -0.05) is 0 Å². The molecule has 1 aliphatic rings. The number of benzene rings is 1. The lowest BCUT2D eigenvalue weighted by atomic mass is 10.1. The van der Waals surface area contributed by atoms with E-state index in [0.717, 1.165) is 24.5 Å². The summed E-state index contributed by atoms with van der Waals surface area (Å²) < 4.78 is 0. The molecule has 0 saturated carbocycles. The van der Waals surface area contributed by atoms with Gasteiger partial charge in [0.15, 0.2) is 0 Å². The van der Waals surface area contributed by atoms with Gasteiger partial charge in [-0.15, -0.1) is 0 Å². The fourth-order valence-corrected chi connectivity index (χ4v) is 2.93. The van der Waals surface area contributed by atoms with Crippen molar-refractivity contribution in [2.75, 3.05) is 23.3 Å². The molecule has 2 heterocycles. The van der Waals surface area contributed by atoms with E-state index >= 15 is 0 Å². The van der Waals surface area contributed by atoms with E-state index in [2.05, 4.69) is 44.8 Å². The number of pyridine rings is 1. The van der Waals surface area contributed by atoms with Crippen LogP contribution in [-0.4, -0.2) is 29.5 Å². The van der Waals surface area contributed by atoms with Crippen molar-refractivity contribution in [3.8, 4) is 0 Å². The molecule has 1 fully saturated rings. The molecular weight excluding hydrogens is 312 g/mol. The second-order valence-corrected chi connectivity index (χ2v) is 7.50. The molecule has 5 nitrogen and oxygen atoms in total. The van der Waals surface area contributed by atoms with Crippen LogP contribution in [0.5, 0.6) is 0 Å². The monoisotopic (exact) mass is 338 g/mol. The number of nitrogens with one attached hydrogen (secondary N) is 2. The van der Waals surface area contributed by atoms with E-state index in [-0.39, 0.29) is 11.4 Å². The standard InChI is InChI=1S/C20H26N4O/c1-20(2,3)23-19(25)18-14-16(10-11-21-18)22-15-6-8-17(9-7-15)24-12-4-5-13-24/h6-11,14H,4-5,12-13H2,1-3H3,(H,21,22)(H,23,25). The quantitative estimate of drug-likeness (QED) is 0.886. The molecule has 1 amide bonds. The highest BCUT2D eigenvalue weighted by molar-refractivity contribution is 5.93. The molecule has 0 spiro atoms. The minimum absolute atomic E-state index is 0.166. The molecule has 2 N–H and O–H groups in total. The highest BCUT2D eigenvalue weighted by Crippen LogP contribution is 2.24. The van der Waals surface area contributed by atoms with Gasteiger partial charge in [-0.05, 0) is 70.0 Å². The molecule has 1 saturated heterocycles. The Balaban J connectivity index is 1.68. The van der Waals surface area contributed by atoms with Crippen molar-refractivity contribution in [1.29, 1.82) is 0 Å². The number of amides is 1. The normalized spacial score (nSPS) is 14.4. The van der Waals surface area contributed by atoms with E-state index in [0.29, 0.717) is 5.69 Å². The summed E-state index contributed by atoms with van der Waals surface area (Å²) in [6.07, 6.45) is 4.20. The lowest BCUT2D eigenvalue weighted by molar-refractivity contribution is 0.0914. The fourth-order valence-electron chi connectivity index (χ4n) is 2.93. The summed E-state index contributed by atoms with van der Waals surface area (Å²) >= 11 is 0. The van der Waals surface area contributed by atoms with E-state index < -0.39 is 0 Å². The predicted molar refractivity (Wildman–Crippen MR) is 103 cm³/mol. The predicted octanol–water partition coefficient (Wildman–Crippen LogP) is 3.95. The average molecular weight is 338 g/mol. The Bertz CT molecular complexity index is 728. The van der Waals surface area contributed by atoms with Crippen LogP contribution in [0, 0.1) is 0 Å². The van der Waals surface area contributed by atoms with Crippen LogP contribution in [-0.2, 0) is 0 Å². The van der Waals surface area contributed by atoms with Crippen LogP contribution in [0.4, 0.5) is 17.1 Å². The SMILES string of the molecule is CC(C)(C)NC(=O)c1cc(Nc2ccc(N3CCCC3)cc2)ccn1. The van der Waals surface area contributed by atoms with Crippen molar-refractivity contribution >= 4 is 23.0 Å². The van der Waals surface area contributed by atoms with Gasteiger partial charge >= 0.3 is 0 Å². The Morgan fingerprint density at radius 1 is 1.04 bits per heavy atom. The maximum Gasteiger partial charge on any atom is 0.270 e. The lowest BCUT2D eigenvalue weighted by Gasteiger charge is -2.20. The maximum absolute atomic E-state index is 12.2. The van der Waals surface area contributed by atoms with Crippen LogP contribution < -0.4 is 15.5 Å². The Morgan fingerprint density at radius 2 is 1.72 bits per heavy atom. The molecule has 0 bridgehead atoms. The summed E-state index contributed by atoms with van der Waals surface area (Å²) in [6.45, 7) is 8.14. The van der Waals surface area contributed by atoms with Gasteiger partial charge in [0.2, 0.25) is 0 Å². The van der Waals surface area contributed by atoms with Gasteiger partial charge in [-0.25, -0.2) is 0 Å². The van der Waals surface area contributed by atoms with Crippen LogP contribution in [0.25, 0.3) is 0 Å². The van der Waals surface area contributed by atoms with E-state index in [9.17, 15) is 4.79 Å². The van der Waals surface area contributed by atoms with Crippen molar-refractivity contribution in [2.24, 2.45) is 0 Å². The molecule has 1 aromatic carbocycles. The molecule has 0 aliphatic carbocycles. The molecule has 1 aromatic heterocycles. The van der Waals surface area contributed by atoms with E-state index in [1.54, 1.807) is 12.3 Å². The number of hydrogen-bond donors (Lipinski definition) is 2. The van der Waals surface area contributed by atoms with Gasteiger partial charge in [0, 0.05) is 41.9 Å². The van der Waals surface area contributed by atoms with Crippen LogP contribution in [0.2, 0.25) is 0 Å². The van der Waals surface area contributed by atoms with E-state index in [4.69, 9.17) is 0 Å². The van der Waals surface area contributed by atoms with Crippen molar-refractivity contribution in [2.45, 2.75) is 39.2 Å². The van der Waals surface area contributed by atoms with Crippen molar-refractivity contribution in [1.82, 2.24) is 10.3 Å². The molecule has 1 aliphatic heterocycles. The van der Waals surface area contributed by atoms with Crippen LogP contribution in [0.15, 0.2) is 42.6 Å². The van der Waals surface area contributed by atoms with Gasteiger partial charge in [0.25, 0.3) is 5.91 Å². The fraction of sp³-hybridized carbons (Fsp3) is 0.400. The van der Waals surface area contributed by atoms with Gasteiger partial charge in [0.05, 0.1) is 0 Å². The molecule has 25 heavy (non-hydrogen) atoms. The topological polar surface area (TPSA) is 57.3 Å².